The van der Waals surface area contributed by atoms with Crippen molar-refractivity contribution in [1.82, 2.24) is 10.2 Å². The number of para-hydroxylation sites is 1. The standard InChI is InChI=1S/C25H29Cl2N3O3/c1-17(9-10-18-11-12-21(26)22(27)15-18)28-24(32)20-16-30(25(33)23(20)31)14-6-13-29(2)19-7-4-3-5-8-19/h3-5,7-8,11-12,15,17,31H,6,9-10,13-14,16H2,1-2H3,(H,28,32). The number of carbonyl (C=O) groups is 2. The second-order valence-corrected chi connectivity index (χ2v) is 9.14. The topological polar surface area (TPSA) is 72.9 Å². The van der Waals surface area contributed by atoms with Gasteiger partial charge in [0.05, 0.1) is 22.2 Å². The summed E-state index contributed by atoms with van der Waals surface area (Å²) in [4.78, 5) is 28.7. The zero-order valence-electron chi connectivity index (χ0n) is 18.9. The summed E-state index contributed by atoms with van der Waals surface area (Å²) in [5.74, 6) is -1.36. The zero-order chi connectivity index (χ0) is 24.0. The molecule has 33 heavy (non-hydrogen) atoms. The zero-order valence-corrected chi connectivity index (χ0v) is 20.4. The van der Waals surface area contributed by atoms with Crippen LogP contribution >= 0.6 is 23.2 Å². The largest absolute Gasteiger partial charge is 0.503 e. The number of anilines is 1. The fourth-order valence-electron chi connectivity index (χ4n) is 3.75. The van der Waals surface area contributed by atoms with Crippen molar-refractivity contribution >= 4 is 40.7 Å². The Hall–Kier alpha value is -2.70. The van der Waals surface area contributed by atoms with Crippen LogP contribution in [0, 0.1) is 0 Å². The molecule has 3 rings (SSSR count). The molecule has 6 nitrogen and oxygen atoms in total. The van der Waals surface area contributed by atoms with Crippen molar-refractivity contribution in [3.8, 4) is 0 Å². The average molecular weight is 490 g/mol. The van der Waals surface area contributed by atoms with Gasteiger partial charge < -0.3 is 20.2 Å². The lowest BCUT2D eigenvalue weighted by Crippen LogP contribution is -2.36. The van der Waals surface area contributed by atoms with Crippen molar-refractivity contribution in [2.75, 3.05) is 31.6 Å². The van der Waals surface area contributed by atoms with Crippen LogP contribution in [0.5, 0.6) is 0 Å². The summed E-state index contributed by atoms with van der Waals surface area (Å²) in [5.41, 5.74) is 2.24. The number of hydrogen-bond acceptors (Lipinski definition) is 4. The Balaban J connectivity index is 1.46. The monoisotopic (exact) mass is 489 g/mol. The summed E-state index contributed by atoms with van der Waals surface area (Å²) < 4.78 is 0. The van der Waals surface area contributed by atoms with E-state index in [1.807, 2.05) is 56.4 Å². The first-order chi connectivity index (χ1) is 15.8. The third-order valence-electron chi connectivity index (χ3n) is 5.74. The lowest BCUT2D eigenvalue weighted by molar-refractivity contribution is -0.127. The second kappa shape index (κ2) is 11.4. The number of aliphatic hydroxyl groups is 1. The predicted molar refractivity (Wildman–Crippen MR) is 133 cm³/mol. The molecule has 2 aromatic rings. The maximum Gasteiger partial charge on any atom is 0.289 e. The Morgan fingerprint density at radius 1 is 1.18 bits per heavy atom. The number of carbonyl (C=O) groups excluding carboxylic acids is 2. The van der Waals surface area contributed by atoms with Crippen molar-refractivity contribution in [3.05, 3.63) is 75.5 Å². The molecule has 1 unspecified atom stereocenters. The van der Waals surface area contributed by atoms with E-state index in [9.17, 15) is 14.7 Å². The van der Waals surface area contributed by atoms with Crippen LogP contribution in [0.25, 0.3) is 0 Å². The normalized spacial score (nSPS) is 14.5. The highest BCUT2D eigenvalue weighted by Gasteiger charge is 2.33. The highest BCUT2D eigenvalue weighted by atomic mass is 35.5. The minimum atomic E-state index is -0.494. The third kappa shape index (κ3) is 6.65. The van der Waals surface area contributed by atoms with E-state index in [0.29, 0.717) is 29.4 Å². The first-order valence-electron chi connectivity index (χ1n) is 11.0. The van der Waals surface area contributed by atoms with E-state index in [1.54, 1.807) is 6.07 Å². The Morgan fingerprint density at radius 3 is 2.61 bits per heavy atom. The SMILES string of the molecule is CC(CCc1ccc(Cl)c(Cl)c1)NC(=O)C1=C(O)C(=O)N(CCCN(C)c2ccccc2)C1. The third-order valence-corrected chi connectivity index (χ3v) is 6.48. The van der Waals surface area contributed by atoms with Crippen LogP contribution in [-0.4, -0.2) is 54.5 Å². The van der Waals surface area contributed by atoms with E-state index < -0.39 is 17.6 Å². The fraction of sp³-hybridized carbons (Fsp3) is 0.360. The Bertz CT molecular complexity index is 1030. The highest BCUT2D eigenvalue weighted by Crippen LogP contribution is 2.23. The molecule has 1 aliphatic rings. The number of nitrogens with one attached hydrogen (secondary N) is 1. The molecule has 0 bridgehead atoms. The second-order valence-electron chi connectivity index (χ2n) is 8.33. The van der Waals surface area contributed by atoms with Crippen LogP contribution in [0.15, 0.2) is 59.9 Å². The van der Waals surface area contributed by atoms with Crippen molar-refractivity contribution in [2.24, 2.45) is 0 Å². The molecule has 0 fully saturated rings. The minimum Gasteiger partial charge on any atom is -0.503 e. The van der Waals surface area contributed by atoms with E-state index in [4.69, 9.17) is 23.2 Å². The van der Waals surface area contributed by atoms with Crippen molar-refractivity contribution in [1.29, 1.82) is 0 Å². The summed E-state index contributed by atoms with van der Waals surface area (Å²) in [5, 5.41) is 14.1. The van der Waals surface area contributed by atoms with Crippen LogP contribution in [-0.2, 0) is 16.0 Å². The summed E-state index contributed by atoms with van der Waals surface area (Å²) in [7, 11) is 2.00. The molecule has 0 saturated heterocycles. The molecule has 1 atom stereocenters. The van der Waals surface area contributed by atoms with Gasteiger partial charge in [-0.1, -0.05) is 47.5 Å². The van der Waals surface area contributed by atoms with Gasteiger partial charge in [-0.15, -0.1) is 0 Å². The molecule has 2 amide bonds. The van der Waals surface area contributed by atoms with Crippen molar-refractivity contribution in [3.63, 3.8) is 0 Å². The number of hydrogen-bond donors (Lipinski definition) is 2. The molecule has 0 radical (unpaired) electrons. The number of rotatable bonds is 10. The number of aliphatic hydroxyl groups excluding tert-OH is 1. The van der Waals surface area contributed by atoms with E-state index in [1.165, 1.54) is 4.90 Å². The van der Waals surface area contributed by atoms with Crippen LogP contribution < -0.4 is 10.2 Å². The molecule has 0 aromatic heterocycles. The minimum absolute atomic E-state index is 0.116. The molecular formula is C25H29Cl2N3O3. The number of amides is 2. The average Bonchev–Trinajstić information content (AvgIpc) is 3.09. The highest BCUT2D eigenvalue weighted by molar-refractivity contribution is 6.42. The molecule has 0 saturated carbocycles. The molecule has 2 N–H and O–H groups in total. The van der Waals surface area contributed by atoms with Crippen molar-refractivity contribution < 1.29 is 14.7 Å². The molecule has 8 heteroatoms. The molecule has 1 heterocycles. The molecule has 2 aromatic carbocycles. The molecule has 0 aliphatic carbocycles. The van der Waals surface area contributed by atoms with Crippen LogP contribution in [0.4, 0.5) is 5.69 Å². The van der Waals surface area contributed by atoms with Gasteiger partial charge in [-0.3, -0.25) is 9.59 Å². The van der Waals surface area contributed by atoms with E-state index >= 15 is 0 Å². The Morgan fingerprint density at radius 2 is 1.91 bits per heavy atom. The number of benzene rings is 2. The van der Waals surface area contributed by atoms with Crippen LogP contribution in [0.3, 0.4) is 0 Å². The number of aryl methyl sites for hydroxylation is 1. The maximum atomic E-state index is 12.7. The van der Waals surface area contributed by atoms with Gasteiger partial charge in [0, 0.05) is 31.9 Å². The molecule has 0 spiro atoms. The maximum absolute atomic E-state index is 12.7. The van der Waals surface area contributed by atoms with Gasteiger partial charge in [0.2, 0.25) is 0 Å². The van der Waals surface area contributed by atoms with Gasteiger partial charge in [0.15, 0.2) is 5.76 Å². The predicted octanol–water partition coefficient (Wildman–Crippen LogP) is 4.61. The van der Waals surface area contributed by atoms with E-state index in [2.05, 4.69) is 10.2 Å². The summed E-state index contributed by atoms with van der Waals surface area (Å²) in [6.07, 6.45) is 2.12. The van der Waals surface area contributed by atoms with Crippen LogP contribution in [0.2, 0.25) is 10.0 Å². The number of halogens is 2. The first-order valence-corrected chi connectivity index (χ1v) is 11.7. The fourth-order valence-corrected chi connectivity index (χ4v) is 4.07. The van der Waals surface area contributed by atoms with Gasteiger partial charge in [0.25, 0.3) is 11.8 Å². The molecular weight excluding hydrogens is 461 g/mol. The van der Waals surface area contributed by atoms with Gasteiger partial charge in [0.1, 0.15) is 0 Å². The first kappa shape index (κ1) is 24.9. The smallest absolute Gasteiger partial charge is 0.289 e. The lowest BCUT2D eigenvalue weighted by atomic mass is 10.1. The number of nitrogens with zero attached hydrogens (tertiary/aromatic N) is 2. The Labute approximate surface area is 204 Å². The van der Waals surface area contributed by atoms with Gasteiger partial charge >= 0.3 is 0 Å². The van der Waals surface area contributed by atoms with E-state index in [0.717, 1.165) is 24.2 Å². The quantitative estimate of drug-likeness (QED) is 0.510. The van der Waals surface area contributed by atoms with Crippen LogP contribution in [0.1, 0.15) is 25.3 Å². The van der Waals surface area contributed by atoms with Crippen molar-refractivity contribution in [2.45, 2.75) is 32.2 Å². The Kier molecular flexibility index (Phi) is 8.64. The van der Waals surface area contributed by atoms with Gasteiger partial charge in [-0.2, -0.15) is 0 Å². The molecule has 1 aliphatic heterocycles. The summed E-state index contributed by atoms with van der Waals surface area (Å²) in [6.45, 7) is 3.22. The summed E-state index contributed by atoms with van der Waals surface area (Å²) in [6, 6.07) is 15.3. The van der Waals surface area contributed by atoms with E-state index in [-0.39, 0.29) is 18.2 Å². The summed E-state index contributed by atoms with van der Waals surface area (Å²) >= 11 is 12.0. The lowest BCUT2D eigenvalue weighted by Gasteiger charge is -2.22. The van der Waals surface area contributed by atoms with Gasteiger partial charge in [-0.05, 0) is 56.0 Å². The van der Waals surface area contributed by atoms with Gasteiger partial charge in [-0.25, -0.2) is 0 Å². The molecule has 176 valence electrons.